The zero-order chi connectivity index (χ0) is 22.9. The monoisotopic (exact) mass is 453 g/mol. The van der Waals surface area contributed by atoms with Crippen LogP contribution in [0.1, 0.15) is 60.8 Å². The van der Waals surface area contributed by atoms with Crippen LogP contribution in [0.2, 0.25) is 0 Å². The van der Waals surface area contributed by atoms with Crippen LogP contribution >= 0.6 is 9.39 Å². The Morgan fingerprint density at radius 1 is 1.06 bits per heavy atom. The normalized spacial score (nSPS) is 19.3. The predicted octanol–water partition coefficient (Wildman–Crippen LogP) is 4.38. The Labute approximate surface area is 195 Å². The smallest absolute Gasteiger partial charge is 0.253 e. The zero-order valence-corrected chi connectivity index (χ0v) is 21.0. The number of rotatable bonds is 6. The van der Waals surface area contributed by atoms with E-state index < -0.39 is 0 Å². The highest BCUT2D eigenvalue weighted by Gasteiger charge is 2.35. The first-order valence-electron chi connectivity index (χ1n) is 11.8. The summed E-state index contributed by atoms with van der Waals surface area (Å²) in [6.07, 6.45) is 0.930. The van der Waals surface area contributed by atoms with Crippen molar-refractivity contribution in [2.24, 2.45) is 0 Å². The fourth-order valence-corrected chi connectivity index (χ4v) is 5.17. The van der Waals surface area contributed by atoms with Crippen LogP contribution in [0, 0.1) is 0 Å². The summed E-state index contributed by atoms with van der Waals surface area (Å²) in [7, 11) is 2.83. The van der Waals surface area contributed by atoms with E-state index in [0.717, 1.165) is 57.0 Å². The zero-order valence-electron chi connectivity index (χ0n) is 19.8. The van der Waals surface area contributed by atoms with E-state index in [0.29, 0.717) is 0 Å². The average molecular weight is 454 g/mol. The molecule has 172 valence electrons. The van der Waals surface area contributed by atoms with Crippen molar-refractivity contribution < 1.29 is 9.53 Å². The van der Waals surface area contributed by atoms with E-state index in [-0.39, 0.29) is 17.6 Å². The van der Waals surface area contributed by atoms with E-state index in [2.05, 4.69) is 63.1 Å². The quantitative estimate of drug-likeness (QED) is 0.609. The molecule has 0 N–H and O–H groups in total. The van der Waals surface area contributed by atoms with Crippen molar-refractivity contribution in [2.75, 3.05) is 39.3 Å². The van der Waals surface area contributed by atoms with Crippen LogP contribution in [0.25, 0.3) is 0 Å². The molecule has 1 fully saturated rings. The number of para-hydroxylation sites is 1. The summed E-state index contributed by atoms with van der Waals surface area (Å²) in [5, 5.41) is 0. The van der Waals surface area contributed by atoms with E-state index in [1.807, 2.05) is 30.9 Å². The standard InChI is InChI=1S/C26H36N3O2P/c1-5-27(6-2)25(30)20-12-10-19(11-13-20)23(28-14-16-29(32)17-15-28)22-9-7-8-21-18-26(3,4)31-24(21)22/h7-13,23H,5-6,14-18,32H2,1-4H3. The summed E-state index contributed by atoms with van der Waals surface area (Å²) in [6.45, 7) is 13.8. The summed E-state index contributed by atoms with van der Waals surface area (Å²) in [5.74, 6) is 1.14. The van der Waals surface area contributed by atoms with Gasteiger partial charge in [0, 0.05) is 56.8 Å². The Morgan fingerprint density at radius 2 is 1.72 bits per heavy atom. The maximum Gasteiger partial charge on any atom is 0.253 e. The molecule has 0 spiro atoms. The second kappa shape index (κ2) is 9.51. The minimum atomic E-state index is -0.179. The van der Waals surface area contributed by atoms with E-state index in [1.165, 1.54) is 16.7 Å². The van der Waals surface area contributed by atoms with Crippen molar-refractivity contribution in [1.82, 2.24) is 14.5 Å². The molecule has 4 rings (SSSR count). The molecule has 0 aromatic heterocycles. The first-order valence-corrected chi connectivity index (χ1v) is 12.3. The number of carbonyl (C=O) groups excluding carboxylic acids is 1. The first kappa shape index (κ1) is 23.2. The molecule has 2 aliphatic heterocycles. The van der Waals surface area contributed by atoms with Crippen molar-refractivity contribution in [3.63, 3.8) is 0 Å². The van der Waals surface area contributed by atoms with Crippen LogP contribution in [0.4, 0.5) is 0 Å². The maximum absolute atomic E-state index is 12.8. The van der Waals surface area contributed by atoms with Crippen LogP contribution < -0.4 is 4.74 Å². The maximum atomic E-state index is 12.8. The van der Waals surface area contributed by atoms with E-state index >= 15 is 0 Å². The molecule has 1 amide bonds. The second-order valence-electron chi connectivity index (χ2n) is 9.45. The summed E-state index contributed by atoms with van der Waals surface area (Å²) in [4.78, 5) is 17.2. The number of amides is 1. The van der Waals surface area contributed by atoms with Gasteiger partial charge in [-0.25, -0.2) is 0 Å². The van der Waals surface area contributed by atoms with Crippen molar-refractivity contribution >= 4 is 15.3 Å². The topological polar surface area (TPSA) is 36.0 Å². The van der Waals surface area contributed by atoms with Crippen molar-refractivity contribution in [3.8, 4) is 5.75 Å². The molecule has 0 saturated carbocycles. The third-order valence-corrected chi connectivity index (χ3v) is 7.17. The molecule has 5 nitrogen and oxygen atoms in total. The summed E-state index contributed by atoms with van der Waals surface area (Å²) >= 11 is 0. The van der Waals surface area contributed by atoms with Gasteiger partial charge in [-0.2, -0.15) is 0 Å². The number of nitrogens with zero attached hydrogens (tertiary/aromatic N) is 3. The van der Waals surface area contributed by atoms with E-state index in [4.69, 9.17) is 4.74 Å². The molecule has 0 aliphatic carbocycles. The fourth-order valence-electron chi connectivity index (χ4n) is 4.94. The lowest BCUT2D eigenvalue weighted by atomic mass is 9.92. The third kappa shape index (κ3) is 4.71. The predicted molar refractivity (Wildman–Crippen MR) is 133 cm³/mol. The highest BCUT2D eigenvalue weighted by atomic mass is 31.0. The largest absolute Gasteiger partial charge is 0.487 e. The SMILES string of the molecule is CCN(CC)C(=O)c1ccc(C(c2cccc3c2OC(C)(C)C3)N2CCN(P)CC2)cc1. The number of piperazine rings is 1. The van der Waals surface area contributed by atoms with Crippen LogP contribution in [-0.4, -0.2) is 65.2 Å². The summed E-state index contributed by atoms with van der Waals surface area (Å²) < 4.78 is 8.76. The Bertz CT molecular complexity index is 948. The van der Waals surface area contributed by atoms with E-state index in [9.17, 15) is 4.79 Å². The average Bonchev–Trinajstić information content (AvgIpc) is 3.11. The third-order valence-electron chi connectivity index (χ3n) is 6.65. The highest BCUT2D eigenvalue weighted by Crippen LogP contribution is 2.43. The number of hydrogen-bond donors (Lipinski definition) is 0. The van der Waals surface area contributed by atoms with Crippen molar-refractivity contribution in [3.05, 3.63) is 64.7 Å². The number of hydrogen-bond acceptors (Lipinski definition) is 4. The van der Waals surface area contributed by atoms with Gasteiger partial charge in [-0.15, -0.1) is 0 Å². The fraction of sp³-hybridized carbons (Fsp3) is 0.500. The Balaban J connectivity index is 1.71. The highest BCUT2D eigenvalue weighted by molar-refractivity contribution is 7.13. The second-order valence-corrected chi connectivity index (χ2v) is 10.2. The van der Waals surface area contributed by atoms with Gasteiger partial charge in [0.15, 0.2) is 0 Å². The Morgan fingerprint density at radius 3 is 2.34 bits per heavy atom. The van der Waals surface area contributed by atoms with Crippen molar-refractivity contribution in [1.29, 1.82) is 0 Å². The molecule has 0 bridgehead atoms. The van der Waals surface area contributed by atoms with Crippen LogP contribution in [0.5, 0.6) is 5.75 Å². The minimum Gasteiger partial charge on any atom is -0.487 e. The molecule has 6 heteroatoms. The van der Waals surface area contributed by atoms with Crippen molar-refractivity contribution in [2.45, 2.75) is 45.8 Å². The van der Waals surface area contributed by atoms with Gasteiger partial charge in [0.1, 0.15) is 11.4 Å². The number of ether oxygens (including phenoxy) is 1. The van der Waals surface area contributed by atoms with Gasteiger partial charge in [0.2, 0.25) is 0 Å². The van der Waals surface area contributed by atoms with E-state index in [1.54, 1.807) is 0 Å². The molecule has 2 heterocycles. The van der Waals surface area contributed by atoms with Gasteiger partial charge in [-0.1, -0.05) is 39.7 Å². The van der Waals surface area contributed by atoms with Crippen LogP contribution in [0.3, 0.4) is 0 Å². The van der Waals surface area contributed by atoms with Gasteiger partial charge in [0.05, 0.1) is 6.04 Å². The van der Waals surface area contributed by atoms with Crippen LogP contribution in [0.15, 0.2) is 42.5 Å². The molecule has 2 unspecified atom stereocenters. The molecular formula is C26H36N3O2P. The molecule has 32 heavy (non-hydrogen) atoms. The summed E-state index contributed by atoms with van der Waals surface area (Å²) in [5.41, 5.74) is 4.30. The Hall–Kier alpha value is -1.94. The lowest BCUT2D eigenvalue weighted by Crippen LogP contribution is -2.44. The minimum absolute atomic E-state index is 0.0976. The lowest BCUT2D eigenvalue weighted by Gasteiger charge is -2.39. The number of fused-ring (bicyclic) bond motifs is 1. The van der Waals surface area contributed by atoms with Gasteiger partial charge in [-0.3, -0.25) is 14.4 Å². The number of benzene rings is 2. The lowest BCUT2D eigenvalue weighted by molar-refractivity contribution is 0.0773. The molecule has 2 aromatic carbocycles. The van der Waals surface area contributed by atoms with Gasteiger partial charge >= 0.3 is 0 Å². The Kier molecular flexibility index (Phi) is 6.90. The van der Waals surface area contributed by atoms with Crippen LogP contribution in [-0.2, 0) is 6.42 Å². The van der Waals surface area contributed by atoms with Gasteiger partial charge in [0.25, 0.3) is 5.91 Å². The molecule has 1 saturated heterocycles. The number of carbonyl (C=O) groups is 1. The molecule has 2 atom stereocenters. The van der Waals surface area contributed by atoms with Gasteiger partial charge < -0.3 is 9.64 Å². The molecule has 0 radical (unpaired) electrons. The first-order chi connectivity index (χ1) is 15.3. The molecule has 2 aromatic rings. The molecule has 2 aliphatic rings. The van der Waals surface area contributed by atoms with Gasteiger partial charge in [-0.05, 0) is 51.0 Å². The molecular weight excluding hydrogens is 417 g/mol. The summed E-state index contributed by atoms with van der Waals surface area (Å²) in [6, 6.07) is 14.9.